The van der Waals surface area contributed by atoms with E-state index in [4.69, 9.17) is 0 Å². The minimum Gasteiger partial charge on any atom is -0.507 e. The van der Waals surface area contributed by atoms with E-state index in [1.807, 2.05) is 18.2 Å². The lowest BCUT2D eigenvalue weighted by atomic mass is 10.1. The summed E-state index contributed by atoms with van der Waals surface area (Å²) < 4.78 is 0.771. The van der Waals surface area contributed by atoms with Gasteiger partial charge in [0.25, 0.3) is 5.91 Å². The van der Waals surface area contributed by atoms with E-state index in [1.54, 1.807) is 12.1 Å². The van der Waals surface area contributed by atoms with Crippen LogP contribution in [0.5, 0.6) is 5.75 Å². The molecular weight excluding hydrogens is 318 g/mol. The summed E-state index contributed by atoms with van der Waals surface area (Å²) in [6.45, 7) is 0. The van der Waals surface area contributed by atoms with E-state index in [9.17, 15) is 9.90 Å². The van der Waals surface area contributed by atoms with Crippen LogP contribution in [0.1, 0.15) is 33.9 Å². The number of hydrogen-bond acceptors (Lipinski definition) is 2. The Morgan fingerprint density at radius 2 is 2.05 bits per heavy atom. The first-order valence-corrected chi connectivity index (χ1v) is 7.31. The van der Waals surface area contributed by atoms with Gasteiger partial charge in [0.2, 0.25) is 0 Å². The van der Waals surface area contributed by atoms with E-state index in [-0.39, 0.29) is 17.7 Å². The van der Waals surface area contributed by atoms with Gasteiger partial charge in [0.05, 0.1) is 11.6 Å². The van der Waals surface area contributed by atoms with Crippen LogP contribution in [0.2, 0.25) is 0 Å². The number of aryl methyl sites for hydroxylation is 1. The molecule has 0 radical (unpaired) electrons. The highest BCUT2D eigenvalue weighted by Crippen LogP contribution is 2.31. The molecule has 2 aromatic rings. The van der Waals surface area contributed by atoms with Crippen LogP contribution in [0, 0.1) is 0 Å². The monoisotopic (exact) mass is 331 g/mol. The Hall–Kier alpha value is -1.81. The molecule has 3 nitrogen and oxygen atoms in total. The first-order chi connectivity index (χ1) is 9.65. The van der Waals surface area contributed by atoms with Gasteiger partial charge in [0.1, 0.15) is 5.75 Å². The number of carbonyl (C=O) groups excluding carboxylic acids is 1. The zero-order valence-corrected chi connectivity index (χ0v) is 12.4. The minimum atomic E-state index is -0.245. The summed E-state index contributed by atoms with van der Waals surface area (Å²) in [4.78, 5) is 12.3. The normalized spacial score (nSPS) is 16.8. The van der Waals surface area contributed by atoms with Crippen LogP contribution in [0.15, 0.2) is 46.9 Å². The maximum Gasteiger partial charge on any atom is 0.255 e. The largest absolute Gasteiger partial charge is 0.507 e. The summed E-state index contributed by atoms with van der Waals surface area (Å²) in [5, 5.41) is 12.8. The van der Waals surface area contributed by atoms with Crippen molar-refractivity contribution >= 4 is 21.8 Å². The molecule has 3 rings (SSSR count). The number of nitrogens with one attached hydrogen (secondary N) is 1. The van der Waals surface area contributed by atoms with Crippen molar-refractivity contribution in [3.8, 4) is 5.75 Å². The van der Waals surface area contributed by atoms with Gasteiger partial charge in [-0.1, -0.05) is 40.2 Å². The van der Waals surface area contributed by atoms with Crippen molar-refractivity contribution in [2.45, 2.75) is 18.9 Å². The Morgan fingerprint density at radius 3 is 2.90 bits per heavy atom. The van der Waals surface area contributed by atoms with Gasteiger partial charge in [-0.05, 0) is 42.2 Å². The molecule has 1 aliphatic rings. The van der Waals surface area contributed by atoms with Gasteiger partial charge >= 0.3 is 0 Å². The third kappa shape index (κ3) is 2.43. The second-order valence-electron chi connectivity index (χ2n) is 4.93. The summed E-state index contributed by atoms with van der Waals surface area (Å²) in [5.41, 5.74) is 2.76. The van der Waals surface area contributed by atoms with Crippen LogP contribution < -0.4 is 5.32 Å². The van der Waals surface area contributed by atoms with E-state index < -0.39 is 0 Å². The second-order valence-corrected chi connectivity index (χ2v) is 5.84. The molecule has 0 aliphatic heterocycles. The Bertz CT molecular complexity index is 669. The molecule has 2 aromatic carbocycles. The SMILES string of the molecule is O=C(NC1CCc2ccccc21)c1cc(Br)ccc1O. The van der Waals surface area contributed by atoms with Crippen molar-refractivity contribution in [1.82, 2.24) is 5.32 Å². The lowest BCUT2D eigenvalue weighted by Gasteiger charge is -2.15. The van der Waals surface area contributed by atoms with Crippen LogP contribution in [0.25, 0.3) is 0 Å². The number of halogens is 1. The number of rotatable bonds is 2. The predicted octanol–water partition coefficient (Wildman–Crippen LogP) is 3.57. The molecule has 0 saturated heterocycles. The van der Waals surface area contributed by atoms with Crippen molar-refractivity contribution in [2.24, 2.45) is 0 Å². The van der Waals surface area contributed by atoms with E-state index >= 15 is 0 Å². The fourth-order valence-corrected chi connectivity index (χ4v) is 2.99. The first kappa shape index (κ1) is 13.2. The van der Waals surface area contributed by atoms with Crippen LogP contribution in [0.3, 0.4) is 0 Å². The van der Waals surface area contributed by atoms with Crippen molar-refractivity contribution < 1.29 is 9.90 Å². The van der Waals surface area contributed by atoms with Crippen molar-refractivity contribution in [3.63, 3.8) is 0 Å². The molecule has 1 aliphatic carbocycles. The van der Waals surface area contributed by atoms with E-state index in [2.05, 4.69) is 27.3 Å². The van der Waals surface area contributed by atoms with Gasteiger partial charge in [-0.2, -0.15) is 0 Å². The Morgan fingerprint density at radius 1 is 1.25 bits per heavy atom. The Balaban J connectivity index is 1.82. The average Bonchev–Trinajstić information content (AvgIpc) is 2.85. The summed E-state index contributed by atoms with van der Waals surface area (Å²) in [6.07, 6.45) is 1.88. The molecule has 0 fully saturated rings. The molecule has 1 unspecified atom stereocenters. The molecule has 20 heavy (non-hydrogen) atoms. The molecule has 2 N–H and O–H groups in total. The maximum atomic E-state index is 12.3. The minimum absolute atomic E-state index is 0.00279. The highest BCUT2D eigenvalue weighted by molar-refractivity contribution is 9.10. The lowest BCUT2D eigenvalue weighted by Crippen LogP contribution is -2.27. The van der Waals surface area contributed by atoms with Gasteiger partial charge in [-0.15, -0.1) is 0 Å². The maximum absolute atomic E-state index is 12.3. The Labute approximate surface area is 125 Å². The second kappa shape index (κ2) is 5.29. The molecule has 102 valence electrons. The third-order valence-corrected chi connectivity index (χ3v) is 4.13. The van der Waals surface area contributed by atoms with Gasteiger partial charge in [0, 0.05) is 4.47 Å². The third-order valence-electron chi connectivity index (χ3n) is 3.64. The van der Waals surface area contributed by atoms with Gasteiger partial charge in [-0.3, -0.25) is 4.79 Å². The molecule has 4 heteroatoms. The summed E-state index contributed by atoms with van der Waals surface area (Å²) in [7, 11) is 0. The zero-order valence-electron chi connectivity index (χ0n) is 10.8. The summed E-state index contributed by atoms with van der Waals surface area (Å²) in [6, 6.07) is 13.0. The fraction of sp³-hybridized carbons (Fsp3) is 0.188. The van der Waals surface area contributed by atoms with E-state index in [0.29, 0.717) is 5.56 Å². The van der Waals surface area contributed by atoms with E-state index in [1.165, 1.54) is 17.2 Å². The number of phenols is 1. The summed E-state index contributed by atoms with van der Waals surface area (Å²) in [5.74, 6) is -0.248. The molecule has 0 bridgehead atoms. The van der Waals surface area contributed by atoms with Crippen LogP contribution in [0.4, 0.5) is 0 Å². The number of fused-ring (bicyclic) bond motifs is 1. The number of phenolic OH excluding ortho intramolecular Hbond substituents is 1. The fourth-order valence-electron chi connectivity index (χ4n) is 2.63. The lowest BCUT2D eigenvalue weighted by molar-refractivity contribution is 0.0934. The topological polar surface area (TPSA) is 49.3 Å². The molecule has 0 spiro atoms. The van der Waals surface area contributed by atoms with Gasteiger partial charge in [-0.25, -0.2) is 0 Å². The Kier molecular flexibility index (Phi) is 3.49. The number of aromatic hydroxyl groups is 1. The standard InChI is InChI=1S/C16H14BrNO2/c17-11-6-8-15(19)13(9-11)16(20)18-14-7-5-10-3-1-2-4-12(10)14/h1-4,6,8-9,14,19H,5,7H2,(H,18,20). The smallest absolute Gasteiger partial charge is 0.255 e. The van der Waals surface area contributed by atoms with Crippen molar-refractivity contribution in [3.05, 3.63) is 63.6 Å². The van der Waals surface area contributed by atoms with Crippen LogP contribution >= 0.6 is 15.9 Å². The van der Waals surface area contributed by atoms with Crippen LogP contribution in [-0.4, -0.2) is 11.0 Å². The molecule has 1 atom stereocenters. The number of hydrogen-bond donors (Lipinski definition) is 2. The van der Waals surface area contributed by atoms with Crippen LogP contribution in [-0.2, 0) is 6.42 Å². The highest BCUT2D eigenvalue weighted by Gasteiger charge is 2.24. The number of amides is 1. The zero-order chi connectivity index (χ0) is 14.1. The number of benzene rings is 2. The summed E-state index contributed by atoms with van der Waals surface area (Å²) >= 11 is 3.31. The molecule has 0 heterocycles. The predicted molar refractivity (Wildman–Crippen MR) is 80.8 cm³/mol. The molecule has 0 saturated carbocycles. The molecule has 0 aromatic heterocycles. The molecule has 1 amide bonds. The van der Waals surface area contributed by atoms with Gasteiger partial charge in [0.15, 0.2) is 0 Å². The van der Waals surface area contributed by atoms with Crippen molar-refractivity contribution in [2.75, 3.05) is 0 Å². The number of carbonyl (C=O) groups is 1. The average molecular weight is 332 g/mol. The van der Waals surface area contributed by atoms with Gasteiger partial charge < -0.3 is 10.4 Å². The first-order valence-electron chi connectivity index (χ1n) is 6.52. The van der Waals surface area contributed by atoms with Crippen molar-refractivity contribution in [1.29, 1.82) is 0 Å². The highest BCUT2D eigenvalue weighted by atomic mass is 79.9. The van der Waals surface area contributed by atoms with E-state index in [0.717, 1.165) is 17.3 Å². The molecular formula is C16H14BrNO2. The quantitative estimate of drug-likeness (QED) is 0.883.